The van der Waals surface area contributed by atoms with E-state index in [-0.39, 0.29) is 6.61 Å². The summed E-state index contributed by atoms with van der Waals surface area (Å²) in [7, 11) is 0. The molecule has 0 bridgehead atoms. The number of aliphatic hydroxyl groups excluding tert-OH is 1. The summed E-state index contributed by atoms with van der Waals surface area (Å²) in [5.74, 6) is 1.07. The Bertz CT molecular complexity index is 539. The average Bonchev–Trinajstić information content (AvgIpc) is 2.88. The van der Waals surface area contributed by atoms with Gasteiger partial charge in [-0.3, -0.25) is 4.90 Å². The van der Waals surface area contributed by atoms with E-state index in [0.29, 0.717) is 29.8 Å². The molecule has 0 saturated heterocycles. The molecule has 0 saturated carbocycles. The predicted octanol–water partition coefficient (Wildman–Crippen LogP) is 2.59. The Labute approximate surface area is 123 Å². The van der Waals surface area contributed by atoms with Crippen LogP contribution in [0.25, 0.3) is 11.4 Å². The molecule has 2 rings (SSSR count). The Hall–Kier alpha value is -1.43. The monoisotopic (exact) mass is 295 g/mol. The third-order valence-electron chi connectivity index (χ3n) is 2.87. The fraction of sp³-hybridized carbons (Fsp3) is 0.429. The van der Waals surface area contributed by atoms with E-state index in [0.717, 1.165) is 18.5 Å². The van der Waals surface area contributed by atoms with Crippen LogP contribution in [0.15, 0.2) is 28.8 Å². The minimum Gasteiger partial charge on any atom is -0.395 e. The summed E-state index contributed by atoms with van der Waals surface area (Å²) in [6.07, 6.45) is 1.01. The van der Waals surface area contributed by atoms with Crippen LogP contribution in [0.3, 0.4) is 0 Å². The van der Waals surface area contributed by atoms with E-state index < -0.39 is 0 Å². The minimum absolute atomic E-state index is 0.120. The van der Waals surface area contributed by atoms with Crippen molar-refractivity contribution in [1.82, 2.24) is 15.0 Å². The van der Waals surface area contributed by atoms with Gasteiger partial charge in [0.15, 0.2) is 0 Å². The highest BCUT2D eigenvalue weighted by atomic mass is 35.5. The van der Waals surface area contributed by atoms with Gasteiger partial charge in [0.2, 0.25) is 11.7 Å². The molecule has 0 fully saturated rings. The summed E-state index contributed by atoms with van der Waals surface area (Å²) in [5.41, 5.74) is 0.830. The van der Waals surface area contributed by atoms with Crippen LogP contribution in [0.5, 0.6) is 0 Å². The Kier molecular flexibility index (Phi) is 5.52. The van der Waals surface area contributed by atoms with Gasteiger partial charge in [-0.25, -0.2) is 0 Å². The van der Waals surface area contributed by atoms with Crippen molar-refractivity contribution in [2.75, 3.05) is 19.7 Å². The molecule has 0 aliphatic carbocycles. The molecule has 108 valence electrons. The quantitative estimate of drug-likeness (QED) is 0.850. The van der Waals surface area contributed by atoms with Gasteiger partial charge in [-0.1, -0.05) is 35.8 Å². The van der Waals surface area contributed by atoms with Gasteiger partial charge in [0, 0.05) is 17.1 Å². The first kappa shape index (κ1) is 15.0. The van der Waals surface area contributed by atoms with Crippen molar-refractivity contribution in [3.8, 4) is 11.4 Å². The average molecular weight is 296 g/mol. The van der Waals surface area contributed by atoms with Crippen LogP contribution in [0.1, 0.15) is 19.2 Å². The zero-order chi connectivity index (χ0) is 14.4. The fourth-order valence-corrected chi connectivity index (χ4v) is 2.17. The molecule has 5 nitrogen and oxygen atoms in total. The molecule has 0 radical (unpaired) electrons. The maximum Gasteiger partial charge on any atom is 0.241 e. The first-order valence-electron chi connectivity index (χ1n) is 6.64. The van der Waals surface area contributed by atoms with Crippen molar-refractivity contribution in [3.05, 3.63) is 35.2 Å². The predicted molar refractivity (Wildman–Crippen MR) is 77.4 cm³/mol. The number of benzene rings is 1. The number of halogens is 1. The molecular weight excluding hydrogens is 278 g/mol. The third-order valence-corrected chi connectivity index (χ3v) is 3.10. The van der Waals surface area contributed by atoms with Gasteiger partial charge in [0.1, 0.15) is 0 Å². The summed E-state index contributed by atoms with van der Waals surface area (Å²) in [6, 6.07) is 7.34. The zero-order valence-electron chi connectivity index (χ0n) is 11.4. The highest BCUT2D eigenvalue weighted by molar-refractivity contribution is 6.30. The first-order chi connectivity index (χ1) is 9.72. The van der Waals surface area contributed by atoms with Crippen molar-refractivity contribution in [2.45, 2.75) is 19.9 Å². The topological polar surface area (TPSA) is 62.4 Å². The maximum absolute atomic E-state index is 9.03. The number of aromatic nitrogens is 2. The Morgan fingerprint density at radius 3 is 2.90 bits per heavy atom. The SMILES string of the molecule is CCCN(CCO)Cc1nc(-c2cccc(Cl)c2)no1. The van der Waals surface area contributed by atoms with E-state index in [1.165, 1.54) is 0 Å². The molecule has 20 heavy (non-hydrogen) atoms. The van der Waals surface area contributed by atoms with Crippen molar-refractivity contribution in [1.29, 1.82) is 0 Å². The second kappa shape index (κ2) is 7.38. The Morgan fingerprint density at radius 1 is 1.35 bits per heavy atom. The highest BCUT2D eigenvalue weighted by Gasteiger charge is 2.12. The molecule has 0 amide bonds. The van der Waals surface area contributed by atoms with E-state index in [4.69, 9.17) is 21.2 Å². The molecule has 2 aromatic rings. The number of rotatable bonds is 7. The number of hydrogen-bond donors (Lipinski definition) is 1. The number of aliphatic hydroxyl groups is 1. The fourth-order valence-electron chi connectivity index (χ4n) is 1.98. The van der Waals surface area contributed by atoms with E-state index in [1.54, 1.807) is 12.1 Å². The standard InChI is InChI=1S/C14H18ClN3O2/c1-2-6-18(7-8-19)10-13-16-14(17-20-13)11-4-3-5-12(15)9-11/h3-5,9,19H,2,6-8,10H2,1H3. The molecule has 6 heteroatoms. The van der Waals surface area contributed by atoms with Gasteiger partial charge in [-0.15, -0.1) is 0 Å². The summed E-state index contributed by atoms with van der Waals surface area (Å²) in [5, 5.41) is 13.6. The van der Waals surface area contributed by atoms with Gasteiger partial charge in [0.05, 0.1) is 13.2 Å². The lowest BCUT2D eigenvalue weighted by atomic mass is 10.2. The normalized spacial score (nSPS) is 11.2. The minimum atomic E-state index is 0.120. The van der Waals surface area contributed by atoms with E-state index in [9.17, 15) is 0 Å². The van der Waals surface area contributed by atoms with Crippen molar-refractivity contribution in [2.24, 2.45) is 0 Å². The van der Waals surface area contributed by atoms with Crippen LogP contribution < -0.4 is 0 Å². The molecule has 0 unspecified atom stereocenters. The maximum atomic E-state index is 9.03. The largest absolute Gasteiger partial charge is 0.395 e. The van der Waals surface area contributed by atoms with Crippen molar-refractivity contribution >= 4 is 11.6 Å². The van der Waals surface area contributed by atoms with Gasteiger partial charge in [0.25, 0.3) is 0 Å². The van der Waals surface area contributed by atoms with Crippen molar-refractivity contribution in [3.63, 3.8) is 0 Å². The molecule has 1 N–H and O–H groups in total. The Balaban J connectivity index is 2.08. The van der Waals surface area contributed by atoms with Gasteiger partial charge in [-0.2, -0.15) is 4.98 Å². The molecule has 0 atom stereocenters. The smallest absolute Gasteiger partial charge is 0.241 e. The molecule has 0 aliphatic rings. The van der Waals surface area contributed by atoms with E-state index in [1.807, 2.05) is 12.1 Å². The second-order valence-corrected chi connectivity index (χ2v) is 4.96. The Morgan fingerprint density at radius 2 is 2.20 bits per heavy atom. The van der Waals surface area contributed by atoms with E-state index >= 15 is 0 Å². The van der Waals surface area contributed by atoms with Crippen LogP contribution in [0, 0.1) is 0 Å². The lowest BCUT2D eigenvalue weighted by Gasteiger charge is -2.17. The lowest BCUT2D eigenvalue weighted by molar-refractivity contribution is 0.174. The summed E-state index contributed by atoms with van der Waals surface area (Å²) < 4.78 is 5.25. The molecule has 0 aliphatic heterocycles. The summed E-state index contributed by atoms with van der Waals surface area (Å²) in [4.78, 5) is 6.44. The first-order valence-corrected chi connectivity index (χ1v) is 7.02. The molecule has 1 aromatic carbocycles. The molecule has 1 aromatic heterocycles. The summed E-state index contributed by atoms with van der Waals surface area (Å²) >= 11 is 5.95. The van der Waals surface area contributed by atoms with E-state index in [2.05, 4.69) is 22.0 Å². The lowest BCUT2D eigenvalue weighted by Crippen LogP contribution is -2.27. The van der Waals surface area contributed by atoms with Gasteiger partial charge in [-0.05, 0) is 25.1 Å². The number of hydrogen-bond acceptors (Lipinski definition) is 5. The molecule has 1 heterocycles. The zero-order valence-corrected chi connectivity index (χ0v) is 12.2. The molecule has 0 spiro atoms. The summed E-state index contributed by atoms with van der Waals surface area (Å²) in [6.45, 7) is 4.24. The van der Waals surface area contributed by atoms with Crippen LogP contribution in [0.4, 0.5) is 0 Å². The second-order valence-electron chi connectivity index (χ2n) is 4.52. The van der Waals surface area contributed by atoms with Gasteiger partial charge >= 0.3 is 0 Å². The molecular formula is C14H18ClN3O2. The van der Waals surface area contributed by atoms with Gasteiger partial charge < -0.3 is 9.63 Å². The van der Waals surface area contributed by atoms with Crippen LogP contribution in [-0.2, 0) is 6.54 Å². The van der Waals surface area contributed by atoms with Crippen molar-refractivity contribution < 1.29 is 9.63 Å². The van der Waals surface area contributed by atoms with Crippen LogP contribution in [-0.4, -0.2) is 39.8 Å². The van der Waals surface area contributed by atoms with Crippen LogP contribution >= 0.6 is 11.6 Å². The highest BCUT2D eigenvalue weighted by Crippen LogP contribution is 2.20. The number of nitrogens with zero attached hydrogens (tertiary/aromatic N) is 3. The third kappa shape index (κ3) is 4.03. The van der Waals surface area contributed by atoms with Crippen LogP contribution in [0.2, 0.25) is 5.02 Å².